The van der Waals surface area contributed by atoms with Crippen LogP contribution in [0.25, 0.3) is 0 Å². The fraction of sp³-hybridized carbons (Fsp3) is 0.308. The number of methoxy groups -OCH3 is 1. The van der Waals surface area contributed by atoms with Crippen molar-refractivity contribution in [1.82, 2.24) is 9.97 Å². The number of aryl methyl sites for hydroxylation is 2. The van der Waals surface area contributed by atoms with Gasteiger partial charge in [-0.3, -0.25) is 0 Å². The quantitative estimate of drug-likeness (QED) is 0.892. The second kappa shape index (κ2) is 5.31. The number of aromatic nitrogens is 2. The van der Waals surface area contributed by atoms with Gasteiger partial charge in [0.25, 0.3) is 0 Å². The highest BCUT2D eigenvalue weighted by molar-refractivity contribution is 6.31. The van der Waals surface area contributed by atoms with Crippen LogP contribution in [0.5, 0.6) is 5.75 Å². The summed E-state index contributed by atoms with van der Waals surface area (Å²) < 4.78 is 5.30. The number of nitrogens with zero attached hydrogens (tertiary/aromatic N) is 1. The van der Waals surface area contributed by atoms with E-state index in [-0.39, 0.29) is 0 Å². The van der Waals surface area contributed by atoms with Crippen molar-refractivity contribution in [2.45, 2.75) is 20.4 Å². The number of anilines is 1. The van der Waals surface area contributed by atoms with Gasteiger partial charge >= 0.3 is 0 Å². The number of benzene rings is 1. The van der Waals surface area contributed by atoms with Crippen LogP contribution in [0.2, 0.25) is 5.02 Å². The Kier molecular flexibility index (Phi) is 3.77. The van der Waals surface area contributed by atoms with Crippen molar-refractivity contribution >= 4 is 17.3 Å². The smallest absolute Gasteiger partial charge is 0.143 e. The second-order valence-corrected chi connectivity index (χ2v) is 4.56. The number of rotatable bonds is 4. The molecule has 1 aromatic heterocycles. The second-order valence-electron chi connectivity index (χ2n) is 4.15. The maximum absolute atomic E-state index is 6.06. The van der Waals surface area contributed by atoms with Gasteiger partial charge in [0.1, 0.15) is 11.6 Å². The van der Waals surface area contributed by atoms with Gasteiger partial charge in [-0.1, -0.05) is 11.6 Å². The van der Waals surface area contributed by atoms with Crippen molar-refractivity contribution in [3.05, 3.63) is 40.4 Å². The number of hydrogen-bond acceptors (Lipinski definition) is 3. The molecule has 0 fully saturated rings. The normalized spacial score (nSPS) is 10.4. The molecular weight excluding hydrogens is 250 g/mol. The predicted octanol–water partition coefficient (Wildman–Crippen LogP) is 3.30. The lowest BCUT2D eigenvalue weighted by atomic mass is 10.2. The molecule has 1 aromatic carbocycles. The van der Waals surface area contributed by atoms with Crippen LogP contribution >= 0.6 is 11.6 Å². The van der Waals surface area contributed by atoms with E-state index in [0.29, 0.717) is 11.6 Å². The van der Waals surface area contributed by atoms with Crippen LogP contribution < -0.4 is 10.1 Å². The first-order valence-electron chi connectivity index (χ1n) is 5.68. The summed E-state index contributed by atoms with van der Waals surface area (Å²) in [6, 6.07) is 3.79. The minimum Gasteiger partial charge on any atom is -0.495 e. The number of imidazole rings is 1. The SMILES string of the molecule is COc1cc(Cl)c(C)cc1NCc1cnc(C)[nH]1. The van der Waals surface area contributed by atoms with E-state index in [1.165, 1.54) is 0 Å². The lowest BCUT2D eigenvalue weighted by Crippen LogP contribution is -2.02. The number of halogens is 1. The highest BCUT2D eigenvalue weighted by atomic mass is 35.5. The highest BCUT2D eigenvalue weighted by Crippen LogP contribution is 2.31. The molecule has 96 valence electrons. The maximum atomic E-state index is 6.06. The highest BCUT2D eigenvalue weighted by Gasteiger charge is 2.07. The van der Waals surface area contributed by atoms with Crippen LogP contribution in [0, 0.1) is 13.8 Å². The average molecular weight is 266 g/mol. The lowest BCUT2D eigenvalue weighted by Gasteiger charge is -2.12. The van der Waals surface area contributed by atoms with E-state index >= 15 is 0 Å². The van der Waals surface area contributed by atoms with E-state index in [0.717, 1.165) is 28.5 Å². The Labute approximate surface area is 111 Å². The van der Waals surface area contributed by atoms with Crippen molar-refractivity contribution < 1.29 is 4.74 Å². The first-order valence-corrected chi connectivity index (χ1v) is 6.06. The Balaban J connectivity index is 2.15. The third-order valence-electron chi connectivity index (χ3n) is 2.71. The Morgan fingerprint density at radius 1 is 1.39 bits per heavy atom. The molecule has 1 heterocycles. The van der Waals surface area contributed by atoms with Gasteiger partial charge in [0.05, 0.1) is 31.2 Å². The summed E-state index contributed by atoms with van der Waals surface area (Å²) in [5.41, 5.74) is 2.97. The number of hydrogen-bond donors (Lipinski definition) is 2. The van der Waals surface area contributed by atoms with Crippen LogP contribution in [-0.4, -0.2) is 17.1 Å². The Hall–Kier alpha value is -1.68. The van der Waals surface area contributed by atoms with Crippen LogP contribution in [0.15, 0.2) is 18.3 Å². The lowest BCUT2D eigenvalue weighted by molar-refractivity contribution is 0.416. The Morgan fingerprint density at radius 3 is 2.78 bits per heavy atom. The minimum absolute atomic E-state index is 0.665. The van der Waals surface area contributed by atoms with E-state index in [1.807, 2.05) is 32.2 Å². The van der Waals surface area contributed by atoms with Crippen LogP contribution in [0.3, 0.4) is 0 Å². The molecule has 0 atom stereocenters. The third kappa shape index (κ3) is 2.76. The molecular formula is C13H16ClN3O. The van der Waals surface area contributed by atoms with Gasteiger partial charge in [-0.25, -0.2) is 4.98 Å². The topological polar surface area (TPSA) is 49.9 Å². The summed E-state index contributed by atoms with van der Waals surface area (Å²) in [6.07, 6.45) is 1.82. The zero-order valence-electron chi connectivity index (χ0n) is 10.7. The molecule has 2 N–H and O–H groups in total. The number of H-pyrrole nitrogens is 1. The zero-order chi connectivity index (χ0) is 13.1. The number of nitrogens with one attached hydrogen (secondary N) is 2. The molecule has 0 bridgehead atoms. The van der Waals surface area contributed by atoms with Crippen LogP contribution in [-0.2, 0) is 6.54 Å². The molecule has 0 aliphatic carbocycles. The van der Waals surface area contributed by atoms with Crippen molar-refractivity contribution in [3.63, 3.8) is 0 Å². The van der Waals surface area contributed by atoms with Crippen molar-refractivity contribution in [2.75, 3.05) is 12.4 Å². The van der Waals surface area contributed by atoms with Crippen molar-refractivity contribution in [1.29, 1.82) is 0 Å². The molecule has 0 saturated heterocycles. The number of ether oxygens (including phenoxy) is 1. The van der Waals surface area contributed by atoms with Crippen LogP contribution in [0.1, 0.15) is 17.1 Å². The molecule has 0 unspecified atom stereocenters. The number of aromatic amines is 1. The predicted molar refractivity (Wildman–Crippen MR) is 73.4 cm³/mol. The molecule has 4 nitrogen and oxygen atoms in total. The van der Waals surface area contributed by atoms with Gasteiger partial charge < -0.3 is 15.0 Å². The molecule has 0 saturated carbocycles. The summed E-state index contributed by atoms with van der Waals surface area (Å²) in [7, 11) is 1.63. The molecule has 0 amide bonds. The maximum Gasteiger partial charge on any atom is 0.143 e. The van der Waals surface area contributed by atoms with Gasteiger partial charge in [-0.05, 0) is 25.5 Å². The van der Waals surface area contributed by atoms with Gasteiger partial charge in [0.15, 0.2) is 0 Å². The van der Waals surface area contributed by atoms with E-state index in [1.54, 1.807) is 7.11 Å². The van der Waals surface area contributed by atoms with E-state index in [4.69, 9.17) is 16.3 Å². The third-order valence-corrected chi connectivity index (χ3v) is 3.11. The largest absolute Gasteiger partial charge is 0.495 e. The Morgan fingerprint density at radius 2 is 2.17 bits per heavy atom. The monoisotopic (exact) mass is 265 g/mol. The first-order chi connectivity index (χ1) is 8.60. The fourth-order valence-corrected chi connectivity index (χ4v) is 1.88. The molecule has 5 heteroatoms. The van der Waals surface area contributed by atoms with Gasteiger partial charge in [0.2, 0.25) is 0 Å². The zero-order valence-corrected chi connectivity index (χ0v) is 11.4. The molecule has 2 rings (SSSR count). The first kappa shape index (κ1) is 12.8. The summed E-state index contributed by atoms with van der Waals surface area (Å²) in [6.45, 7) is 4.56. The summed E-state index contributed by atoms with van der Waals surface area (Å²) >= 11 is 6.06. The van der Waals surface area contributed by atoms with Crippen molar-refractivity contribution in [2.24, 2.45) is 0 Å². The van der Waals surface area contributed by atoms with Gasteiger partial charge in [-0.2, -0.15) is 0 Å². The van der Waals surface area contributed by atoms with E-state index in [2.05, 4.69) is 15.3 Å². The summed E-state index contributed by atoms with van der Waals surface area (Å²) in [5.74, 6) is 1.65. The molecule has 2 aromatic rings. The molecule has 0 radical (unpaired) electrons. The molecule has 0 spiro atoms. The standard InChI is InChI=1S/C13H16ClN3O/c1-8-4-12(13(18-3)5-11(8)14)16-7-10-6-15-9(2)17-10/h4-6,16H,7H2,1-3H3,(H,15,17). The molecule has 0 aliphatic heterocycles. The molecule has 18 heavy (non-hydrogen) atoms. The fourth-order valence-electron chi connectivity index (χ4n) is 1.72. The van der Waals surface area contributed by atoms with Crippen molar-refractivity contribution in [3.8, 4) is 5.75 Å². The van der Waals surface area contributed by atoms with Gasteiger partial charge in [-0.15, -0.1) is 0 Å². The summed E-state index contributed by atoms with van der Waals surface area (Å²) in [5, 5.41) is 4.01. The summed E-state index contributed by atoms with van der Waals surface area (Å²) in [4.78, 5) is 7.32. The van der Waals surface area contributed by atoms with Crippen LogP contribution in [0.4, 0.5) is 5.69 Å². The molecule has 0 aliphatic rings. The average Bonchev–Trinajstić information content (AvgIpc) is 2.76. The minimum atomic E-state index is 0.665. The Bertz CT molecular complexity index is 551. The van der Waals surface area contributed by atoms with E-state index in [9.17, 15) is 0 Å². The van der Waals surface area contributed by atoms with E-state index < -0.39 is 0 Å². The van der Waals surface area contributed by atoms with Gasteiger partial charge in [0, 0.05) is 11.1 Å².